The Morgan fingerprint density at radius 3 is 2.68 bits per heavy atom. The number of hydrogen-bond acceptors (Lipinski definition) is 5. The van der Waals surface area contributed by atoms with Crippen LogP contribution in [0.4, 0.5) is 0 Å². The van der Waals surface area contributed by atoms with Crippen molar-refractivity contribution in [2.75, 3.05) is 0 Å². The minimum Gasteiger partial charge on any atom is -0.475 e. The van der Waals surface area contributed by atoms with Crippen LogP contribution in [0.2, 0.25) is 0 Å². The largest absolute Gasteiger partial charge is 0.475 e. The molecule has 0 spiro atoms. The fourth-order valence-electron chi connectivity index (χ4n) is 2.41. The first kappa shape index (κ1) is 16.8. The molecule has 6 heteroatoms. The lowest BCUT2D eigenvalue weighted by molar-refractivity contribution is 0.0661. The van der Waals surface area contributed by atoms with Crippen LogP contribution >= 0.6 is 11.8 Å². The topological polar surface area (TPSA) is 87.1 Å². The van der Waals surface area contributed by atoms with Crippen LogP contribution in [0.5, 0.6) is 0 Å². The molecule has 0 aliphatic carbocycles. The first-order valence-electron chi connectivity index (χ1n) is 7.50. The van der Waals surface area contributed by atoms with Crippen molar-refractivity contribution < 1.29 is 14.3 Å². The number of pyridine rings is 1. The van der Waals surface area contributed by atoms with Crippen LogP contribution in [0.1, 0.15) is 27.6 Å². The van der Waals surface area contributed by atoms with Crippen molar-refractivity contribution in [3.63, 3.8) is 0 Å². The van der Waals surface area contributed by atoms with Crippen LogP contribution in [0.15, 0.2) is 58.0 Å². The number of rotatable bonds is 5. The van der Waals surface area contributed by atoms with Crippen molar-refractivity contribution in [1.82, 2.24) is 4.98 Å². The van der Waals surface area contributed by atoms with E-state index in [4.69, 9.17) is 9.52 Å². The summed E-state index contributed by atoms with van der Waals surface area (Å²) in [5.74, 6) is -0.282. The van der Waals surface area contributed by atoms with E-state index in [9.17, 15) is 10.1 Å². The highest BCUT2D eigenvalue weighted by Crippen LogP contribution is 2.32. The summed E-state index contributed by atoms with van der Waals surface area (Å²) in [4.78, 5) is 15.3. The maximum Gasteiger partial charge on any atom is 0.371 e. The highest BCUT2D eigenvalue weighted by atomic mass is 32.2. The summed E-state index contributed by atoms with van der Waals surface area (Å²) in [7, 11) is 0. The molecule has 0 aliphatic heterocycles. The maximum atomic E-state index is 10.9. The second kappa shape index (κ2) is 7.24. The lowest BCUT2D eigenvalue weighted by Crippen LogP contribution is -1.95. The van der Waals surface area contributed by atoms with Gasteiger partial charge in [0.25, 0.3) is 0 Å². The van der Waals surface area contributed by atoms with Gasteiger partial charge in [0, 0.05) is 11.3 Å². The number of furan rings is 1. The number of aromatic carboxylic acids is 1. The molecule has 2 aromatic heterocycles. The number of carbonyl (C=O) groups is 1. The Morgan fingerprint density at radius 1 is 1.28 bits per heavy atom. The number of hydrogen-bond donors (Lipinski definition) is 1. The summed E-state index contributed by atoms with van der Waals surface area (Å²) in [5.41, 5.74) is 3.11. The highest BCUT2D eigenvalue weighted by Gasteiger charge is 2.15. The monoisotopic (exact) mass is 350 g/mol. The van der Waals surface area contributed by atoms with Gasteiger partial charge in [0.1, 0.15) is 16.9 Å². The second-order valence-electron chi connectivity index (χ2n) is 5.33. The third-order valence-corrected chi connectivity index (χ3v) is 4.53. The Kier molecular flexibility index (Phi) is 4.87. The Bertz CT molecular complexity index is 959. The normalized spacial score (nSPS) is 10.4. The molecule has 0 saturated carbocycles. The van der Waals surface area contributed by atoms with Gasteiger partial charge in [0.15, 0.2) is 0 Å². The zero-order valence-electron chi connectivity index (χ0n) is 13.4. The molecule has 0 amide bonds. The predicted molar refractivity (Wildman–Crippen MR) is 94.4 cm³/mol. The van der Waals surface area contributed by atoms with Gasteiger partial charge in [-0.1, -0.05) is 42.1 Å². The average Bonchev–Trinajstić information content (AvgIpc) is 3.09. The van der Waals surface area contributed by atoms with Gasteiger partial charge in [-0.25, -0.2) is 9.78 Å². The quantitative estimate of drug-likeness (QED) is 0.681. The lowest BCUT2D eigenvalue weighted by atomic mass is 10.0. The maximum absolute atomic E-state index is 10.9. The molecule has 0 radical (unpaired) electrons. The molecule has 0 saturated heterocycles. The zero-order valence-corrected chi connectivity index (χ0v) is 14.2. The first-order chi connectivity index (χ1) is 12.1. The molecular weight excluding hydrogens is 336 g/mol. The Morgan fingerprint density at radius 2 is 2.04 bits per heavy atom. The zero-order chi connectivity index (χ0) is 17.8. The average molecular weight is 350 g/mol. The minimum atomic E-state index is -1.10. The Labute approximate surface area is 148 Å². The molecule has 25 heavy (non-hydrogen) atoms. The summed E-state index contributed by atoms with van der Waals surface area (Å²) in [5, 5.41) is 19.1. The number of carboxylic acid groups (broad SMARTS) is 1. The third kappa shape index (κ3) is 3.73. The van der Waals surface area contributed by atoms with Crippen LogP contribution in [-0.4, -0.2) is 16.1 Å². The summed E-state index contributed by atoms with van der Waals surface area (Å²) in [6.07, 6.45) is 0. The van der Waals surface area contributed by atoms with Gasteiger partial charge in [-0.05, 0) is 30.7 Å². The van der Waals surface area contributed by atoms with Crippen molar-refractivity contribution in [3.8, 4) is 17.2 Å². The molecule has 0 aliphatic rings. The molecule has 1 aromatic carbocycles. The van der Waals surface area contributed by atoms with Crippen LogP contribution in [0, 0.1) is 18.3 Å². The van der Waals surface area contributed by atoms with Gasteiger partial charge >= 0.3 is 5.97 Å². The fraction of sp³-hybridized carbons (Fsp3) is 0.105. The van der Waals surface area contributed by atoms with Crippen LogP contribution in [-0.2, 0) is 5.75 Å². The van der Waals surface area contributed by atoms with Crippen LogP contribution < -0.4 is 0 Å². The molecule has 0 unspecified atom stereocenters. The smallest absolute Gasteiger partial charge is 0.371 e. The molecule has 5 nitrogen and oxygen atoms in total. The molecule has 124 valence electrons. The van der Waals surface area contributed by atoms with Crippen LogP contribution in [0.3, 0.4) is 0 Å². The van der Waals surface area contributed by atoms with Crippen molar-refractivity contribution in [2.24, 2.45) is 0 Å². The fourth-order valence-corrected chi connectivity index (χ4v) is 3.36. The van der Waals surface area contributed by atoms with E-state index in [2.05, 4.69) is 11.1 Å². The summed E-state index contributed by atoms with van der Waals surface area (Å²) < 4.78 is 5.25. The summed E-state index contributed by atoms with van der Waals surface area (Å²) >= 11 is 1.35. The van der Waals surface area contributed by atoms with Gasteiger partial charge < -0.3 is 9.52 Å². The molecule has 0 atom stereocenters. The SMILES string of the molecule is Cc1cc(-c2ccccc2)c(C#N)c(SCc2ccc(C(=O)O)o2)n1. The van der Waals surface area contributed by atoms with Gasteiger partial charge in [0.2, 0.25) is 5.76 Å². The van der Waals surface area contributed by atoms with E-state index in [0.29, 0.717) is 22.1 Å². The van der Waals surface area contributed by atoms with Gasteiger partial charge in [0.05, 0.1) is 11.3 Å². The molecule has 3 rings (SSSR count). The highest BCUT2D eigenvalue weighted by molar-refractivity contribution is 7.98. The number of aryl methyl sites for hydroxylation is 1. The lowest BCUT2D eigenvalue weighted by Gasteiger charge is -2.10. The number of nitriles is 1. The second-order valence-corrected chi connectivity index (χ2v) is 6.29. The van der Waals surface area contributed by atoms with E-state index in [1.165, 1.54) is 17.8 Å². The third-order valence-electron chi connectivity index (χ3n) is 3.53. The first-order valence-corrected chi connectivity index (χ1v) is 8.49. The van der Waals surface area contributed by atoms with Gasteiger partial charge in [-0.2, -0.15) is 5.26 Å². The number of aromatic nitrogens is 1. The van der Waals surface area contributed by atoms with Crippen molar-refractivity contribution in [1.29, 1.82) is 5.26 Å². The number of thioether (sulfide) groups is 1. The Balaban J connectivity index is 1.92. The van der Waals surface area contributed by atoms with E-state index in [-0.39, 0.29) is 5.76 Å². The molecule has 1 N–H and O–H groups in total. The van der Waals surface area contributed by atoms with E-state index in [1.807, 2.05) is 43.3 Å². The molecule has 0 fully saturated rings. The number of benzene rings is 1. The number of carboxylic acids is 1. The Hall–Kier alpha value is -3.04. The predicted octanol–water partition coefficient (Wildman–Crippen LogP) is 4.51. The van der Waals surface area contributed by atoms with E-state index in [1.54, 1.807) is 6.07 Å². The summed E-state index contributed by atoms with van der Waals surface area (Å²) in [6, 6.07) is 16.9. The molecular formula is C19H14N2O3S. The number of nitrogens with zero attached hydrogens (tertiary/aromatic N) is 2. The standard InChI is InChI=1S/C19H14N2O3S/c1-12-9-15(13-5-3-2-4-6-13)16(10-20)18(21-12)25-11-14-7-8-17(24-14)19(22)23/h2-9H,11H2,1H3,(H,22,23). The molecule has 2 heterocycles. The van der Waals surface area contributed by atoms with Crippen molar-refractivity contribution in [3.05, 3.63) is 71.3 Å². The minimum absolute atomic E-state index is 0.0988. The molecule has 0 bridgehead atoms. The van der Waals surface area contributed by atoms with Gasteiger partial charge in [-0.15, -0.1) is 0 Å². The van der Waals surface area contributed by atoms with Crippen molar-refractivity contribution >= 4 is 17.7 Å². The van der Waals surface area contributed by atoms with Crippen molar-refractivity contribution in [2.45, 2.75) is 17.7 Å². The van der Waals surface area contributed by atoms with E-state index < -0.39 is 5.97 Å². The molecule has 3 aromatic rings. The van der Waals surface area contributed by atoms with E-state index >= 15 is 0 Å². The van der Waals surface area contributed by atoms with E-state index in [0.717, 1.165) is 16.8 Å². The van der Waals surface area contributed by atoms with Crippen LogP contribution in [0.25, 0.3) is 11.1 Å². The summed E-state index contributed by atoms with van der Waals surface area (Å²) in [6.45, 7) is 1.88. The van der Waals surface area contributed by atoms with Gasteiger partial charge in [-0.3, -0.25) is 0 Å².